The predicted molar refractivity (Wildman–Crippen MR) is 126 cm³/mol. The van der Waals surface area contributed by atoms with E-state index in [1.165, 1.54) is 25.2 Å². The average molecular weight is 495 g/mol. The van der Waals surface area contributed by atoms with Crippen LogP contribution in [0.25, 0.3) is 0 Å². The number of hydrazone groups is 1. The third-order valence-corrected chi connectivity index (χ3v) is 5.63. The number of rotatable bonds is 7. The molecular formula is C22H25ClF2N6O3. The van der Waals surface area contributed by atoms with Gasteiger partial charge < -0.3 is 10.0 Å². The molecule has 3 rings (SSSR count). The molecule has 12 heteroatoms. The van der Waals surface area contributed by atoms with Gasteiger partial charge in [0.1, 0.15) is 30.6 Å². The molecule has 1 aromatic carbocycles. The summed E-state index contributed by atoms with van der Waals surface area (Å²) in [5.74, 6) is -2.24. The highest BCUT2D eigenvalue weighted by Crippen LogP contribution is 2.37. The highest BCUT2D eigenvalue weighted by Gasteiger charge is 2.36. The van der Waals surface area contributed by atoms with Gasteiger partial charge in [-0.15, -0.1) is 0 Å². The first-order valence-electron chi connectivity index (χ1n) is 10.5. The van der Waals surface area contributed by atoms with Crippen LogP contribution in [0.15, 0.2) is 29.4 Å². The van der Waals surface area contributed by atoms with Gasteiger partial charge in [0.25, 0.3) is 5.91 Å². The molecule has 2 amide bonds. The Kier molecular flexibility index (Phi) is 7.68. The van der Waals surface area contributed by atoms with Gasteiger partial charge in [-0.2, -0.15) is 5.10 Å². The molecule has 0 unspecified atom stereocenters. The Morgan fingerprint density at radius 3 is 2.62 bits per heavy atom. The van der Waals surface area contributed by atoms with E-state index in [4.69, 9.17) is 11.6 Å². The van der Waals surface area contributed by atoms with Crippen molar-refractivity contribution in [2.24, 2.45) is 5.10 Å². The van der Waals surface area contributed by atoms with Gasteiger partial charge in [-0.25, -0.2) is 18.8 Å². The van der Waals surface area contributed by atoms with Crippen LogP contribution in [0.2, 0.25) is 5.02 Å². The van der Waals surface area contributed by atoms with Gasteiger partial charge in [0.05, 0.1) is 10.6 Å². The Balaban J connectivity index is 2.10. The summed E-state index contributed by atoms with van der Waals surface area (Å²) in [5.41, 5.74) is -0.166. The number of halogens is 3. The van der Waals surface area contributed by atoms with E-state index in [-0.39, 0.29) is 53.0 Å². The van der Waals surface area contributed by atoms with Crippen molar-refractivity contribution < 1.29 is 23.5 Å². The van der Waals surface area contributed by atoms with Gasteiger partial charge in [0, 0.05) is 19.6 Å². The first-order chi connectivity index (χ1) is 16.1. The first kappa shape index (κ1) is 25.3. The van der Waals surface area contributed by atoms with Crippen molar-refractivity contribution in [2.75, 3.05) is 41.7 Å². The van der Waals surface area contributed by atoms with E-state index >= 15 is 4.39 Å². The lowest BCUT2D eigenvalue weighted by atomic mass is 10.1. The summed E-state index contributed by atoms with van der Waals surface area (Å²) in [6, 6.07) is 4.90. The maximum absolute atomic E-state index is 15.1. The molecule has 1 N–H and O–H groups in total. The average Bonchev–Trinajstić information content (AvgIpc) is 2.79. The minimum atomic E-state index is -0.866. The minimum absolute atomic E-state index is 0.00363. The van der Waals surface area contributed by atoms with Crippen molar-refractivity contribution in [3.8, 4) is 0 Å². The number of fused-ring (bicyclic) bond motifs is 1. The van der Waals surface area contributed by atoms with Crippen LogP contribution in [0.5, 0.6) is 0 Å². The summed E-state index contributed by atoms with van der Waals surface area (Å²) in [6.07, 6.45) is 0.501. The van der Waals surface area contributed by atoms with Crippen LogP contribution >= 0.6 is 11.6 Å². The quantitative estimate of drug-likeness (QED) is 0.275. The highest BCUT2D eigenvalue weighted by molar-refractivity contribution is 6.34. The third-order valence-electron chi connectivity index (χ3n) is 5.32. The zero-order valence-corrected chi connectivity index (χ0v) is 19.9. The number of likely N-dealkylation sites (N-methyl/N-ethyl adjacent to an activating group) is 1. The summed E-state index contributed by atoms with van der Waals surface area (Å²) >= 11 is 6.18. The second-order valence-corrected chi connectivity index (χ2v) is 8.17. The Hall–Kier alpha value is -3.31. The number of para-hydroxylation sites is 1. The van der Waals surface area contributed by atoms with Gasteiger partial charge in [-0.05, 0) is 39.0 Å². The molecule has 182 valence electrons. The zero-order chi connectivity index (χ0) is 25.2. The molecule has 0 radical (unpaired) electrons. The van der Waals surface area contributed by atoms with E-state index in [9.17, 15) is 19.1 Å². The number of hydrogen-bond acceptors (Lipinski definition) is 7. The number of carbonyl (C=O) groups excluding carboxylic acids is 2. The van der Waals surface area contributed by atoms with E-state index in [1.807, 2.05) is 13.8 Å². The van der Waals surface area contributed by atoms with Crippen molar-refractivity contribution in [1.29, 1.82) is 0 Å². The van der Waals surface area contributed by atoms with Crippen molar-refractivity contribution in [3.05, 3.63) is 46.5 Å². The molecule has 1 aromatic heterocycles. The second kappa shape index (κ2) is 10.3. The van der Waals surface area contributed by atoms with Crippen LogP contribution in [0.3, 0.4) is 0 Å². The number of amidine groups is 1. The Bertz CT molecular complexity index is 1110. The van der Waals surface area contributed by atoms with Crippen LogP contribution < -0.4 is 14.8 Å². The number of carbonyl (C=O) groups is 2. The fourth-order valence-electron chi connectivity index (χ4n) is 3.55. The van der Waals surface area contributed by atoms with Gasteiger partial charge in [-0.3, -0.25) is 19.4 Å². The lowest BCUT2D eigenvalue weighted by Crippen LogP contribution is -2.50. The summed E-state index contributed by atoms with van der Waals surface area (Å²) in [6.45, 7) is 5.02. The molecule has 34 heavy (non-hydrogen) atoms. The molecule has 0 spiro atoms. The number of benzene rings is 1. The summed E-state index contributed by atoms with van der Waals surface area (Å²) < 4.78 is 29.7. The first-order valence-corrected chi connectivity index (χ1v) is 10.9. The minimum Gasteiger partial charge on any atom is -0.388 e. The lowest BCUT2D eigenvalue weighted by Gasteiger charge is -2.40. The number of amides is 2. The zero-order valence-electron chi connectivity index (χ0n) is 19.2. The number of aliphatic hydroxyl groups excluding tert-OH is 1. The molecule has 1 aliphatic heterocycles. The number of nitrogens with zero attached hydrogens (tertiary/aromatic N) is 6. The molecule has 2 heterocycles. The monoisotopic (exact) mass is 494 g/mol. The van der Waals surface area contributed by atoms with Crippen molar-refractivity contribution in [2.45, 2.75) is 26.8 Å². The van der Waals surface area contributed by atoms with Crippen molar-refractivity contribution in [1.82, 2.24) is 9.88 Å². The Labute approximate surface area is 200 Å². The molecule has 0 saturated carbocycles. The smallest absolute Gasteiger partial charge is 0.263 e. The number of anilines is 3. The maximum atomic E-state index is 15.1. The molecule has 0 fully saturated rings. The molecule has 0 atom stereocenters. The molecule has 2 aromatic rings. The molecule has 1 aliphatic rings. The number of hydrogen-bond donors (Lipinski definition) is 1. The molecule has 9 nitrogen and oxygen atoms in total. The summed E-state index contributed by atoms with van der Waals surface area (Å²) in [4.78, 5) is 32.8. The lowest BCUT2D eigenvalue weighted by molar-refractivity contribution is -0.114. The number of aliphatic hydroxyl groups is 1. The second-order valence-electron chi connectivity index (χ2n) is 7.76. The van der Waals surface area contributed by atoms with Crippen molar-refractivity contribution >= 4 is 47.1 Å². The fraction of sp³-hybridized carbons (Fsp3) is 0.364. The molecular weight excluding hydrogens is 470 g/mol. The van der Waals surface area contributed by atoms with Crippen LogP contribution in [0, 0.1) is 11.6 Å². The SMILES string of the molecule is CCN(C=O)/C(CO)=N\N(C)c1nc2c(cc1F)C(=O)N(c1c(F)cccc1Cl)CN2C(C)C. The van der Waals surface area contributed by atoms with Gasteiger partial charge in [0.2, 0.25) is 6.41 Å². The van der Waals surface area contributed by atoms with Crippen LogP contribution in [-0.2, 0) is 4.79 Å². The predicted octanol–water partition coefficient (Wildman–Crippen LogP) is 3.07. The van der Waals surface area contributed by atoms with E-state index in [0.29, 0.717) is 6.41 Å². The Morgan fingerprint density at radius 2 is 2.06 bits per heavy atom. The Morgan fingerprint density at radius 1 is 1.35 bits per heavy atom. The maximum Gasteiger partial charge on any atom is 0.263 e. The summed E-state index contributed by atoms with van der Waals surface area (Å²) in [7, 11) is 1.40. The molecule has 0 bridgehead atoms. The molecule has 0 saturated heterocycles. The largest absolute Gasteiger partial charge is 0.388 e. The van der Waals surface area contributed by atoms with E-state index in [1.54, 1.807) is 11.8 Å². The van der Waals surface area contributed by atoms with E-state index < -0.39 is 24.1 Å². The topological polar surface area (TPSA) is 92.6 Å². The number of pyridine rings is 1. The van der Waals surface area contributed by atoms with E-state index in [0.717, 1.165) is 20.9 Å². The van der Waals surface area contributed by atoms with Gasteiger partial charge in [0.15, 0.2) is 17.5 Å². The number of aromatic nitrogens is 1. The highest BCUT2D eigenvalue weighted by atomic mass is 35.5. The van der Waals surface area contributed by atoms with Gasteiger partial charge >= 0.3 is 0 Å². The van der Waals surface area contributed by atoms with Crippen LogP contribution in [0.1, 0.15) is 31.1 Å². The molecule has 0 aliphatic carbocycles. The van der Waals surface area contributed by atoms with Crippen LogP contribution in [0.4, 0.5) is 26.1 Å². The normalized spacial score (nSPS) is 13.9. The van der Waals surface area contributed by atoms with Crippen molar-refractivity contribution in [3.63, 3.8) is 0 Å². The third kappa shape index (κ3) is 4.66. The fourth-order valence-corrected chi connectivity index (χ4v) is 3.81. The van der Waals surface area contributed by atoms with Crippen LogP contribution in [-0.4, -0.2) is 66.1 Å². The van der Waals surface area contributed by atoms with E-state index in [2.05, 4.69) is 10.1 Å². The summed E-state index contributed by atoms with van der Waals surface area (Å²) in [5, 5.41) is 14.8. The van der Waals surface area contributed by atoms with Gasteiger partial charge in [-0.1, -0.05) is 17.7 Å². The standard InChI is InChI=1S/C22H25ClF2N6O3/c1-5-29(12-33)18(10-32)27-28(4)21-17(25)9-14-20(26-21)30(13(2)3)11-31(22(14)34)19-15(23)7-6-8-16(19)24/h6-9,12-13,32H,5,10-11H2,1-4H3/b27-18-.